The summed E-state index contributed by atoms with van der Waals surface area (Å²) < 4.78 is 5.46. The van der Waals surface area contributed by atoms with Gasteiger partial charge in [0, 0.05) is 23.3 Å². The number of anilines is 1. The van der Waals surface area contributed by atoms with Crippen LogP contribution in [0, 0.1) is 11.3 Å². The second-order valence-electron chi connectivity index (χ2n) is 4.06. The molecule has 0 aliphatic rings. The first-order chi connectivity index (χ1) is 9.74. The van der Waals surface area contributed by atoms with E-state index in [9.17, 15) is 0 Å². The lowest BCUT2D eigenvalue weighted by molar-refractivity contribution is 0.323. The summed E-state index contributed by atoms with van der Waals surface area (Å²) in [6.45, 7) is 3.01. The summed E-state index contributed by atoms with van der Waals surface area (Å²) >= 11 is 5.87. The number of pyridine rings is 1. The molecule has 20 heavy (non-hydrogen) atoms. The average molecular weight is 288 g/mol. The molecular formula is C15H14ClN3O. The third kappa shape index (κ3) is 3.40. The third-order valence-electron chi connectivity index (χ3n) is 2.70. The van der Waals surface area contributed by atoms with Crippen molar-refractivity contribution in [2.24, 2.45) is 0 Å². The number of halogens is 1. The monoisotopic (exact) mass is 287 g/mol. The van der Waals surface area contributed by atoms with E-state index in [0.29, 0.717) is 29.6 Å². The predicted octanol–water partition coefficient (Wildman–Crippen LogP) is 3.62. The largest absolute Gasteiger partial charge is 0.478 e. The second kappa shape index (κ2) is 6.78. The lowest BCUT2D eigenvalue weighted by Crippen LogP contribution is -2.05. The maximum absolute atomic E-state index is 9.09. The van der Waals surface area contributed by atoms with Crippen molar-refractivity contribution in [1.82, 2.24) is 4.98 Å². The zero-order valence-electron chi connectivity index (χ0n) is 11.1. The van der Waals surface area contributed by atoms with E-state index in [1.54, 1.807) is 24.4 Å². The molecule has 2 aromatic rings. The van der Waals surface area contributed by atoms with E-state index in [1.807, 2.05) is 19.1 Å². The van der Waals surface area contributed by atoms with Crippen molar-refractivity contribution in [3.63, 3.8) is 0 Å². The molecule has 0 saturated carbocycles. The van der Waals surface area contributed by atoms with Gasteiger partial charge in [-0.05, 0) is 31.2 Å². The Balaban J connectivity index is 2.15. The molecule has 5 heteroatoms. The summed E-state index contributed by atoms with van der Waals surface area (Å²) in [7, 11) is 0. The number of benzene rings is 1. The molecule has 1 aromatic carbocycles. The molecule has 0 radical (unpaired) electrons. The number of hydrogen-bond donors (Lipinski definition) is 1. The molecule has 1 N–H and O–H groups in total. The minimum absolute atomic E-state index is 0.513. The second-order valence-corrected chi connectivity index (χ2v) is 4.49. The fourth-order valence-electron chi connectivity index (χ4n) is 1.78. The average Bonchev–Trinajstić information content (AvgIpc) is 2.47. The van der Waals surface area contributed by atoms with E-state index in [0.717, 1.165) is 11.3 Å². The van der Waals surface area contributed by atoms with Gasteiger partial charge in [-0.2, -0.15) is 5.26 Å². The molecule has 0 aliphatic carbocycles. The summed E-state index contributed by atoms with van der Waals surface area (Å²) in [5.74, 6) is 0.606. The first-order valence-corrected chi connectivity index (χ1v) is 6.62. The molecule has 2 rings (SSSR count). The lowest BCUT2D eigenvalue weighted by Gasteiger charge is -2.11. The highest BCUT2D eigenvalue weighted by Crippen LogP contribution is 2.22. The number of aromatic nitrogens is 1. The zero-order valence-corrected chi connectivity index (χ0v) is 11.8. The topological polar surface area (TPSA) is 57.9 Å². The fraction of sp³-hybridized carbons (Fsp3) is 0.200. The standard InChI is InChI=1S/C15H14ClN3O/c1-2-20-15-11(4-3-7-18-15)10-19-14-6-5-13(16)8-12(14)9-17/h3-8,19H,2,10H2,1H3. The zero-order chi connectivity index (χ0) is 14.4. The fourth-order valence-corrected chi connectivity index (χ4v) is 1.95. The Kier molecular flexibility index (Phi) is 4.80. The van der Waals surface area contributed by atoms with Gasteiger partial charge in [-0.25, -0.2) is 4.98 Å². The Hall–Kier alpha value is -2.25. The highest BCUT2D eigenvalue weighted by molar-refractivity contribution is 6.30. The Morgan fingerprint density at radius 2 is 2.25 bits per heavy atom. The van der Waals surface area contributed by atoms with E-state index in [4.69, 9.17) is 21.6 Å². The van der Waals surface area contributed by atoms with Crippen molar-refractivity contribution in [3.8, 4) is 11.9 Å². The molecule has 1 aromatic heterocycles. The maximum atomic E-state index is 9.09. The molecule has 0 saturated heterocycles. The minimum atomic E-state index is 0.513. The van der Waals surface area contributed by atoms with Crippen LogP contribution in [0.5, 0.6) is 5.88 Å². The lowest BCUT2D eigenvalue weighted by atomic mass is 10.2. The normalized spacial score (nSPS) is 9.85. The van der Waals surface area contributed by atoms with Gasteiger partial charge in [-0.3, -0.25) is 0 Å². The van der Waals surface area contributed by atoms with E-state index >= 15 is 0 Å². The van der Waals surface area contributed by atoms with Gasteiger partial charge in [0.2, 0.25) is 5.88 Å². The molecule has 0 amide bonds. The highest BCUT2D eigenvalue weighted by atomic mass is 35.5. The minimum Gasteiger partial charge on any atom is -0.478 e. The maximum Gasteiger partial charge on any atom is 0.218 e. The van der Waals surface area contributed by atoms with Crippen LogP contribution in [0.1, 0.15) is 18.1 Å². The molecule has 1 heterocycles. The molecule has 0 unspecified atom stereocenters. The molecule has 0 aliphatic heterocycles. The summed E-state index contributed by atoms with van der Waals surface area (Å²) in [4.78, 5) is 4.19. The third-order valence-corrected chi connectivity index (χ3v) is 2.94. The van der Waals surface area contributed by atoms with Crippen molar-refractivity contribution < 1.29 is 4.74 Å². The van der Waals surface area contributed by atoms with Crippen molar-refractivity contribution in [1.29, 1.82) is 5.26 Å². The Labute approximate surface area is 123 Å². The summed E-state index contributed by atoms with van der Waals surface area (Å²) in [5.41, 5.74) is 2.19. The molecule has 0 fully saturated rings. The quantitative estimate of drug-likeness (QED) is 0.912. The molecule has 0 atom stereocenters. The van der Waals surface area contributed by atoms with Gasteiger partial charge in [0.15, 0.2) is 0 Å². The van der Waals surface area contributed by atoms with Crippen molar-refractivity contribution in [2.45, 2.75) is 13.5 Å². The molecule has 0 spiro atoms. The number of nitrogens with one attached hydrogen (secondary N) is 1. The SMILES string of the molecule is CCOc1ncccc1CNc1ccc(Cl)cc1C#N. The number of ether oxygens (including phenoxy) is 1. The van der Waals surface area contributed by atoms with E-state index in [-0.39, 0.29) is 0 Å². The first kappa shape index (κ1) is 14.2. The Bertz CT molecular complexity index is 637. The van der Waals surface area contributed by atoms with Crippen molar-refractivity contribution in [2.75, 3.05) is 11.9 Å². The first-order valence-electron chi connectivity index (χ1n) is 6.24. The van der Waals surface area contributed by atoms with Crippen LogP contribution in [0.25, 0.3) is 0 Å². The van der Waals surface area contributed by atoms with Gasteiger partial charge in [-0.15, -0.1) is 0 Å². The summed E-state index contributed by atoms with van der Waals surface area (Å²) in [6, 6.07) is 11.1. The molecular weight excluding hydrogens is 274 g/mol. The summed E-state index contributed by atoms with van der Waals surface area (Å²) in [5, 5.41) is 12.8. The van der Waals surface area contributed by atoms with Crippen LogP contribution in [0.3, 0.4) is 0 Å². The van der Waals surface area contributed by atoms with Crippen LogP contribution >= 0.6 is 11.6 Å². The van der Waals surface area contributed by atoms with Crippen LogP contribution in [-0.2, 0) is 6.54 Å². The van der Waals surface area contributed by atoms with Gasteiger partial charge < -0.3 is 10.1 Å². The van der Waals surface area contributed by atoms with Crippen LogP contribution in [0.4, 0.5) is 5.69 Å². The van der Waals surface area contributed by atoms with E-state index in [2.05, 4.69) is 16.4 Å². The number of hydrogen-bond acceptors (Lipinski definition) is 4. The Morgan fingerprint density at radius 3 is 3.00 bits per heavy atom. The van der Waals surface area contributed by atoms with Gasteiger partial charge in [0.1, 0.15) is 6.07 Å². The smallest absolute Gasteiger partial charge is 0.218 e. The van der Waals surface area contributed by atoms with E-state index in [1.165, 1.54) is 0 Å². The Morgan fingerprint density at radius 1 is 1.40 bits per heavy atom. The number of nitrogens with zero attached hydrogens (tertiary/aromatic N) is 2. The van der Waals surface area contributed by atoms with Crippen molar-refractivity contribution in [3.05, 3.63) is 52.7 Å². The summed E-state index contributed by atoms with van der Waals surface area (Å²) in [6.07, 6.45) is 1.69. The number of rotatable bonds is 5. The van der Waals surface area contributed by atoms with Crippen LogP contribution in [0.15, 0.2) is 36.5 Å². The highest BCUT2D eigenvalue weighted by Gasteiger charge is 2.06. The van der Waals surface area contributed by atoms with E-state index < -0.39 is 0 Å². The molecule has 0 bridgehead atoms. The van der Waals surface area contributed by atoms with Crippen LogP contribution in [0.2, 0.25) is 5.02 Å². The molecule has 4 nitrogen and oxygen atoms in total. The van der Waals surface area contributed by atoms with Gasteiger partial charge in [0.25, 0.3) is 0 Å². The van der Waals surface area contributed by atoms with Crippen LogP contribution in [-0.4, -0.2) is 11.6 Å². The van der Waals surface area contributed by atoms with Crippen LogP contribution < -0.4 is 10.1 Å². The van der Waals surface area contributed by atoms with Gasteiger partial charge in [0.05, 0.1) is 17.9 Å². The number of nitriles is 1. The van der Waals surface area contributed by atoms with Crippen molar-refractivity contribution >= 4 is 17.3 Å². The predicted molar refractivity (Wildman–Crippen MR) is 78.9 cm³/mol. The van der Waals surface area contributed by atoms with Gasteiger partial charge >= 0.3 is 0 Å². The molecule has 102 valence electrons. The van der Waals surface area contributed by atoms with Gasteiger partial charge in [-0.1, -0.05) is 17.7 Å².